The molecule has 7 heteroatoms. The molecule has 0 aliphatic carbocycles. The van der Waals surface area contributed by atoms with Gasteiger partial charge in [-0.2, -0.15) is 17.6 Å². The third kappa shape index (κ3) is 1.08. The molecule has 0 amide bonds. The van der Waals surface area contributed by atoms with Gasteiger partial charge in [-0.05, 0) is 0 Å². The molecule has 0 saturated carbocycles. The van der Waals surface area contributed by atoms with Gasteiger partial charge in [-0.15, -0.1) is 0 Å². The zero-order chi connectivity index (χ0) is 9.57. The number of ether oxygens (including phenoxy) is 1. The molecule has 0 bridgehead atoms. The molecule has 12 heavy (non-hydrogen) atoms. The van der Waals surface area contributed by atoms with Gasteiger partial charge in [0.05, 0.1) is 6.61 Å². The fourth-order valence-corrected chi connectivity index (χ4v) is 0.778. The predicted octanol–water partition coefficient (Wildman–Crippen LogP) is -0.0335. The molecule has 0 aromatic rings. The average molecular weight is 190 g/mol. The zero-order valence-corrected chi connectivity index (χ0v) is 5.68. The van der Waals surface area contributed by atoms with E-state index in [1.54, 1.807) is 0 Å². The van der Waals surface area contributed by atoms with Crippen LogP contribution in [0.3, 0.4) is 0 Å². The van der Waals surface area contributed by atoms with Gasteiger partial charge < -0.3 is 14.9 Å². The van der Waals surface area contributed by atoms with Gasteiger partial charge in [0.15, 0.2) is 0 Å². The summed E-state index contributed by atoms with van der Waals surface area (Å²) < 4.78 is 53.3. The predicted molar refractivity (Wildman–Crippen MR) is 27.9 cm³/mol. The van der Waals surface area contributed by atoms with Crippen LogP contribution in [0.2, 0.25) is 0 Å². The first kappa shape index (κ1) is 9.69. The Bertz CT molecular complexity index is 164. The summed E-state index contributed by atoms with van der Waals surface area (Å²) in [6.45, 7) is -1.01. The highest BCUT2D eigenvalue weighted by Crippen LogP contribution is 2.42. The maximum atomic E-state index is 12.4. The average Bonchev–Trinajstić information content (AvgIpc) is 1.96. The minimum Gasteiger partial charge on any atom is -0.384 e. The quantitative estimate of drug-likeness (QED) is 0.527. The van der Waals surface area contributed by atoms with Crippen LogP contribution in [0.5, 0.6) is 0 Å². The second-order valence-electron chi connectivity index (χ2n) is 2.45. The second kappa shape index (κ2) is 2.54. The Morgan fingerprint density at radius 2 is 1.58 bits per heavy atom. The van der Waals surface area contributed by atoms with Crippen LogP contribution < -0.4 is 0 Å². The van der Waals surface area contributed by atoms with Gasteiger partial charge in [0.25, 0.3) is 0 Å². The topological polar surface area (TPSA) is 49.7 Å². The number of hydrogen-bond donors (Lipinski definition) is 2. The Morgan fingerprint density at radius 3 is 2.00 bits per heavy atom. The minimum absolute atomic E-state index is 1.01. The zero-order valence-electron chi connectivity index (χ0n) is 5.68. The van der Waals surface area contributed by atoms with Crippen molar-refractivity contribution < 1.29 is 32.5 Å². The van der Waals surface area contributed by atoms with Crippen LogP contribution in [-0.2, 0) is 4.74 Å². The summed E-state index contributed by atoms with van der Waals surface area (Å²) in [5, 5.41) is 16.8. The molecule has 1 aliphatic heterocycles. The molecule has 3 nitrogen and oxygen atoms in total. The summed E-state index contributed by atoms with van der Waals surface area (Å²) in [4.78, 5) is 0. The van der Waals surface area contributed by atoms with Gasteiger partial charge in [0.2, 0.25) is 6.29 Å². The van der Waals surface area contributed by atoms with E-state index in [-0.39, 0.29) is 0 Å². The van der Waals surface area contributed by atoms with Gasteiger partial charge in [-0.1, -0.05) is 0 Å². The van der Waals surface area contributed by atoms with E-state index >= 15 is 0 Å². The van der Waals surface area contributed by atoms with Gasteiger partial charge in [-0.25, -0.2) is 0 Å². The molecule has 0 spiro atoms. The lowest BCUT2D eigenvalue weighted by Crippen LogP contribution is -2.62. The van der Waals surface area contributed by atoms with E-state index in [2.05, 4.69) is 4.74 Å². The standard InChI is InChI=1S/C5H6F4O3/c6-4(7)2(10)1-12-3(11)5(4,8)9/h2-3,10-11H,1H2/t2-,3?/m1/s1. The van der Waals surface area contributed by atoms with Crippen molar-refractivity contribution in [2.45, 2.75) is 24.2 Å². The number of halogens is 4. The molecular weight excluding hydrogens is 184 g/mol. The van der Waals surface area contributed by atoms with Crippen molar-refractivity contribution in [1.29, 1.82) is 0 Å². The summed E-state index contributed by atoms with van der Waals surface area (Å²) in [5.41, 5.74) is 0. The normalized spacial score (nSPS) is 39.5. The molecule has 2 atom stereocenters. The molecule has 72 valence electrons. The van der Waals surface area contributed by atoms with E-state index in [4.69, 9.17) is 10.2 Å². The van der Waals surface area contributed by atoms with Crippen molar-refractivity contribution in [2.24, 2.45) is 0 Å². The lowest BCUT2D eigenvalue weighted by Gasteiger charge is -2.37. The first-order valence-corrected chi connectivity index (χ1v) is 3.03. The highest BCUT2D eigenvalue weighted by molar-refractivity contribution is 4.96. The van der Waals surface area contributed by atoms with Crippen molar-refractivity contribution in [3.8, 4) is 0 Å². The smallest absolute Gasteiger partial charge is 0.362 e. The molecule has 0 aromatic heterocycles. The molecule has 1 unspecified atom stereocenters. The first-order valence-electron chi connectivity index (χ1n) is 3.03. The Balaban J connectivity index is 2.92. The van der Waals surface area contributed by atoms with Crippen molar-refractivity contribution in [3.05, 3.63) is 0 Å². The van der Waals surface area contributed by atoms with Crippen LogP contribution in [0, 0.1) is 0 Å². The molecule has 1 aliphatic rings. The first-order chi connectivity index (χ1) is 5.30. The molecular formula is C5H6F4O3. The number of hydrogen-bond acceptors (Lipinski definition) is 3. The van der Waals surface area contributed by atoms with Crippen molar-refractivity contribution in [2.75, 3.05) is 6.61 Å². The lowest BCUT2D eigenvalue weighted by atomic mass is 10.0. The molecule has 1 fully saturated rings. The summed E-state index contributed by atoms with van der Waals surface area (Å²) in [6, 6.07) is 0. The number of alkyl halides is 4. The highest BCUT2D eigenvalue weighted by Gasteiger charge is 2.68. The maximum Gasteiger partial charge on any atom is 0.362 e. The van der Waals surface area contributed by atoms with Crippen LogP contribution in [0.4, 0.5) is 17.6 Å². The number of aliphatic hydroxyl groups excluding tert-OH is 2. The van der Waals surface area contributed by atoms with Crippen molar-refractivity contribution in [3.63, 3.8) is 0 Å². The van der Waals surface area contributed by atoms with Crippen LogP contribution in [0.1, 0.15) is 0 Å². The van der Waals surface area contributed by atoms with E-state index in [1.165, 1.54) is 0 Å². The van der Waals surface area contributed by atoms with Crippen LogP contribution >= 0.6 is 0 Å². The third-order valence-corrected chi connectivity index (χ3v) is 1.59. The Hall–Kier alpha value is -0.400. The van der Waals surface area contributed by atoms with E-state index in [0.29, 0.717) is 0 Å². The molecule has 1 rings (SSSR count). The fourth-order valence-electron chi connectivity index (χ4n) is 0.778. The number of aliphatic hydroxyl groups is 2. The Labute approximate surface area is 64.6 Å². The summed E-state index contributed by atoms with van der Waals surface area (Å²) in [6.07, 6.45) is -5.45. The minimum atomic E-state index is -4.75. The SMILES string of the molecule is OC1OC[C@@H](O)C(F)(F)C1(F)F. The third-order valence-electron chi connectivity index (χ3n) is 1.59. The van der Waals surface area contributed by atoms with Gasteiger partial charge >= 0.3 is 11.8 Å². The van der Waals surface area contributed by atoms with Gasteiger partial charge in [-0.3, -0.25) is 0 Å². The van der Waals surface area contributed by atoms with Crippen LogP contribution in [0.15, 0.2) is 0 Å². The van der Waals surface area contributed by atoms with E-state index in [0.717, 1.165) is 0 Å². The molecule has 1 saturated heterocycles. The summed E-state index contributed by atoms with van der Waals surface area (Å²) in [5.74, 6) is -9.39. The van der Waals surface area contributed by atoms with E-state index in [1.807, 2.05) is 0 Å². The number of rotatable bonds is 0. The van der Waals surface area contributed by atoms with E-state index in [9.17, 15) is 17.6 Å². The maximum absolute atomic E-state index is 12.4. The van der Waals surface area contributed by atoms with E-state index < -0.39 is 30.8 Å². The monoisotopic (exact) mass is 190 g/mol. The lowest BCUT2D eigenvalue weighted by molar-refractivity contribution is -0.375. The molecule has 2 N–H and O–H groups in total. The Morgan fingerprint density at radius 1 is 1.08 bits per heavy atom. The fraction of sp³-hybridized carbons (Fsp3) is 1.00. The van der Waals surface area contributed by atoms with Crippen LogP contribution in [0.25, 0.3) is 0 Å². The molecule has 0 radical (unpaired) electrons. The molecule has 1 heterocycles. The highest BCUT2D eigenvalue weighted by atomic mass is 19.3. The van der Waals surface area contributed by atoms with Crippen molar-refractivity contribution in [1.82, 2.24) is 0 Å². The molecule has 0 aromatic carbocycles. The second-order valence-corrected chi connectivity index (χ2v) is 2.45. The Kier molecular flexibility index (Phi) is 2.05. The van der Waals surface area contributed by atoms with Crippen molar-refractivity contribution >= 4 is 0 Å². The van der Waals surface area contributed by atoms with Crippen LogP contribution in [-0.4, -0.2) is 41.1 Å². The largest absolute Gasteiger partial charge is 0.384 e. The summed E-state index contributed by atoms with van der Waals surface area (Å²) >= 11 is 0. The summed E-state index contributed by atoms with van der Waals surface area (Å²) in [7, 11) is 0. The van der Waals surface area contributed by atoms with Gasteiger partial charge in [0, 0.05) is 0 Å². The van der Waals surface area contributed by atoms with Gasteiger partial charge in [0.1, 0.15) is 6.10 Å².